The predicted octanol–water partition coefficient (Wildman–Crippen LogP) is 2.04. The normalized spacial score (nSPS) is 16.1. The fourth-order valence-electron chi connectivity index (χ4n) is 2.29. The van der Waals surface area contributed by atoms with Gasteiger partial charge in [0.1, 0.15) is 0 Å². The number of carbonyl (C=O) groups excluding carboxylic acids is 1. The number of carbonyl (C=O) groups is 1. The monoisotopic (exact) mass is 245 g/mol. The van der Waals surface area contributed by atoms with E-state index in [4.69, 9.17) is 0 Å². The molecular formula is C15H19NO2. The summed E-state index contributed by atoms with van der Waals surface area (Å²) in [5.74, 6) is -0.243. The number of benzene rings is 1. The summed E-state index contributed by atoms with van der Waals surface area (Å²) in [5, 5.41) is 3.08. The molecule has 0 atom stereocenters. The van der Waals surface area contributed by atoms with Gasteiger partial charge in [0.05, 0.1) is 13.7 Å². The lowest BCUT2D eigenvalue weighted by molar-refractivity contribution is -0.139. The third-order valence-corrected chi connectivity index (χ3v) is 3.59. The molecule has 1 aromatic carbocycles. The average molecular weight is 245 g/mol. The smallest absolute Gasteiger partial charge is 0.319 e. The van der Waals surface area contributed by atoms with Crippen molar-refractivity contribution >= 4 is 5.97 Å². The van der Waals surface area contributed by atoms with Gasteiger partial charge in [0.2, 0.25) is 0 Å². The van der Waals surface area contributed by atoms with Gasteiger partial charge < -0.3 is 10.1 Å². The maximum atomic E-state index is 11.0. The van der Waals surface area contributed by atoms with Crippen LogP contribution in [0.25, 0.3) is 0 Å². The summed E-state index contributed by atoms with van der Waals surface area (Å²) in [6.45, 7) is 5.07. The minimum Gasteiger partial charge on any atom is -0.468 e. The molecule has 0 aromatic heterocycles. The van der Waals surface area contributed by atoms with E-state index in [0.717, 1.165) is 18.4 Å². The SMILES string of the molecule is C=C(CNCC(=O)OC)C1(c2ccccc2)CC1. The van der Waals surface area contributed by atoms with E-state index in [1.165, 1.54) is 12.7 Å². The molecule has 1 saturated carbocycles. The van der Waals surface area contributed by atoms with Crippen LogP contribution in [0.15, 0.2) is 42.5 Å². The first-order chi connectivity index (χ1) is 8.69. The van der Waals surface area contributed by atoms with Crippen LogP contribution >= 0.6 is 0 Å². The molecular weight excluding hydrogens is 226 g/mol. The van der Waals surface area contributed by atoms with Gasteiger partial charge in [0.25, 0.3) is 0 Å². The highest BCUT2D eigenvalue weighted by molar-refractivity contribution is 5.71. The number of esters is 1. The molecule has 1 aliphatic rings. The van der Waals surface area contributed by atoms with Crippen LogP contribution in [-0.2, 0) is 14.9 Å². The average Bonchev–Trinajstić information content (AvgIpc) is 3.21. The van der Waals surface area contributed by atoms with Gasteiger partial charge in [-0.15, -0.1) is 0 Å². The molecule has 0 spiro atoms. The van der Waals surface area contributed by atoms with Crippen molar-refractivity contribution in [1.82, 2.24) is 5.32 Å². The number of rotatable bonds is 6. The molecule has 2 rings (SSSR count). The lowest BCUT2D eigenvalue weighted by Gasteiger charge is -2.19. The van der Waals surface area contributed by atoms with E-state index in [9.17, 15) is 4.79 Å². The van der Waals surface area contributed by atoms with Crippen molar-refractivity contribution in [3.05, 3.63) is 48.0 Å². The van der Waals surface area contributed by atoms with Gasteiger partial charge in [-0.3, -0.25) is 4.79 Å². The molecule has 0 saturated heterocycles. The van der Waals surface area contributed by atoms with Crippen LogP contribution < -0.4 is 5.32 Å². The van der Waals surface area contributed by atoms with E-state index in [1.807, 2.05) is 6.07 Å². The second kappa shape index (κ2) is 5.36. The van der Waals surface area contributed by atoms with Crippen molar-refractivity contribution in [1.29, 1.82) is 0 Å². The van der Waals surface area contributed by atoms with Gasteiger partial charge in [-0.25, -0.2) is 0 Å². The third kappa shape index (κ3) is 2.62. The maximum Gasteiger partial charge on any atom is 0.319 e. The van der Waals surface area contributed by atoms with E-state index in [-0.39, 0.29) is 17.9 Å². The molecule has 1 fully saturated rings. The predicted molar refractivity (Wildman–Crippen MR) is 71.4 cm³/mol. The second-order valence-corrected chi connectivity index (χ2v) is 4.73. The lowest BCUT2D eigenvalue weighted by atomic mass is 9.88. The molecule has 3 heteroatoms. The van der Waals surface area contributed by atoms with Crippen LogP contribution in [0.5, 0.6) is 0 Å². The Morgan fingerprint density at radius 1 is 1.33 bits per heavy atom. The summed E-state index contributed by atoms with van der Waals surface area (Å²) in [4.78, 5) is 11.0. The van der Waals surface area contributed by atoms with Crippen LogP contribution in [-0.4, -0.2) is 26.2 Å². The molecule has 0 radical (unpaired) electrons. The topological polar surface area (TPSA) is 38.3 Å². The highest BCUT2D eigenvalue weighted by Gasteiger charge is 2.46. The van der Waals surface area contributed by atoms with E-state index < -0.39 is 0 Å². The zero-order valence-electron chi connectivity index (χ0n) is 10.7. The van der Waals surface area contributed by atoms with Crippen LogP contribution in [0, 0.1) is 0 Å². The zero-order valence-corrected chi connectivity index (χ0v) is 10.7. The molecule has 0 aliphatic heterocycles. The molecule has 3 nitrogen and oxygen atoms in total. The van der Waals surface area contributed by atoms with Gasteiger partial charge in [0, 0.05) is 12.0 Å². The molecule has 1 aromatic rings. The molecule has 0 unspecified atom stereocenters. The van der Waals surface area contributed by atoms with E-state index >= 15 is 0 Å². The Hall–Kier alpha value is -1.61. The molecule has 18 heavy (non-hydrogen) atoms. The quantitative estimate of drug-likeness (QED) is 0.615. The fraction of sp³-hybridized carbons (Fsp3) is 0.400. The largest absolute Gasteiger partial charge is 0.468 e. The van der Waals surface area contributed by atoms with Crippen molar-refractivity contribution in [2.45, 2.75) is 18.3 Å². The Labute approximate surface area is 108 Å². The van der Waals surface area contributed by atoms with E-state index in [2.05, 4.69) is 40.9 Å². The van der Waals surface area contributed by atoms with Crippen molar-refractivity contribution in [3.63, 3.8) is 0 Å². The Kier molecular flexibility index (Phi) is 3.82. The summed E-state index contributed by atoms with van der Waals surface area (Å²) in [7, 11) is 1.39. The maximum absolute atomic E-state index is 11.0. The first-order valence-electron chi connectivity index (χ1n) is 6.20. The number of hydrogen-bond donors (Lipinski definition) is 1. The fourth-order valence-corrected chi connectivity index (χ4v) is 2.29. The Bertz CT molecular complexity index is 435. The molecule has 1 N–H and O–H groups in total. The Morgan fingerprint density at radius 2 is 2.00 bits per heavy atom. The number of methoxy groups -OCH3 is 1. The van der Waals surface area contributed by atoms with Crippen LogP contribution in [0.2, 0.25) is 0 Å². The van der Waals surface area contributed by atoms with E-state index in [1.54, 1.807) is 0 Å². The van der Waals surface area contributed by atoms with Crippen molar-refractivity contribution in [3.8, 4) is 0 Å². The van der Waals surface area contributed by atoms with E-state index in [0.29, 0.717) is 6.54 Å². The Balaban J connectivity index is 1.91. The van der Waals surface area contributed by atoms with Gasteiger partial charge in [-0.05, 0) is 18.4 Å². The minimum atomic E-state index is -0.243. The first kappa shape index (κ1) is 12.8. The molecule has 0 heterocycles. The first-order valence-corrected chi connectivity index (χ1v) is 6.20. The highest BCUT2D eigenvalue weighted by Crippen LogP contribution is 2.52. The van der Waals surface area contributed by atoms with Crippen LogP contribution in [0.1, 0.15) is 18.4 Å². The van der Waals surface area contributed by atoms with Crippen molar-refractivity contribution < 1.29 is 9.53 Å². The van der Waals surface area contributed by atoms with Gasteiger partial charge in [0.15, 0.2) is 0 Å². The minimum absolute atomic E-state index is 0.129. The summed E-state index contributed by atoms with van der Waals surface area (Å²) in [6.07, 6.45) is 2.30. The lowest BCUT2D eigenvalue weighted by Crippen LogP contribution is -2.28. The standard InChI is InChI=1S/C15H19NO2/c1-12(10-16-11-14(17)18-2)15(8-9-15)13-6-4-3-5-7-13/h3-7,16H,1,8-11H2,2H3. The summed E-state index contributed by atoms with van der Waals surface area (Å²) < 4.78 is 4.59. The number of hydrogen-bond acceptors (Lipinski definition) is 3. The number of ether oxygens (including phenoxy) is 1. The van der Waals surface area contributed by atoms with Crippen molar-refractivity contribution in [2.24, 2.45) is 0 Å². The third-order valence-electron chi connectivity index (χ3n) is 3.59. The van der Waals surface area contributed by atoms with Gasteiger partial charge in [-0.2, -0.15) is 0 Å². The number of nitrogens with one attached hydrogen (secondary N) is 1. The second-order valence-electron chi connectivity index (χ2n) is 4.73. The van der Waals surface area contributed by atoms with Gasteiger partial charge >= 0.3 is 5.97 Å². The molecule has 1 aliphatic carbocycles. The molecule has 0 bridgehead atoms. The molecule has 96 valence electrons. The Morgan fingerprint density at radius 3 is 2.56 bits per heavy atom. The molecule has 0 amide bonds. The van der Waals surface area contributed by atoms with Gasteiger partial charge in [-0.1, -0.05) is 42.5 Å². The van der Waals surface area contributed by atoms with Crippen LogP contribution in [0.3, 0.4) is 0 Å². The highest BCUT2D eigenvalue weighted by atomic mass is 16.5. The van der Waals surface area contributed by atoms with Crippen LogP contribution in [0.4, 0.5) is 0 Å². The zero-order chi connectivity index (χ0) is 13.0. The summed E-state index contributed by atoms with van der Waals surface area (Å²) in [5.41, 5.74) is 2.61. The van der Waals surface area contributed by atoms with Crippen molar-refractivity contribution in [2.75, 3.05) is 20.2 Å². The summed E-state index contributed by atoms with van der Waals surface area (Å²) >= 11 is 0. The summed E-state index contributed by atoms with van der Waals surface area (Å²) in [6, 6.07) is 10.4.